The van der Waals surface area contributed by atoms with Gasteiger partial charge < -0.3 is 10.3 Å². The van der Waals surface area contributed by atoms with Crippen LogP contribution in [0.15, 0.2) is 0 Å². The molecular formula is C13H24N2. The van der Waals surface area contributed by atoms with Gasteiger partial charge in [0.2, 0.25) is 0 Å². The summed E-state index contributed by atoms with van der Waals surface area (Å²) in [4.78, 5) is 2.68. The molecule has 2 heteroatoms. The third kappa shape index (κ3) is 2.81. The molecule has 2 aliphatic rings. The van der Waals surface area contributed by atoms with Crippen LogP contribution < -0.4 is 0 Å². The lowest BCUT2D eigenvalue weighted by Crippen LogP contribution is -2.45. The van der Waals surface area contributed by atoms with Crippen LogP contribution in [-0.4, -0.2) is 29.7 Å². The molecular weight excluding hydrogens is 184 g/mol. The Kier molecular flexibility index (Phi) is 3.15. The Bertz CT molecular complexity index is 225. The van der Waals surface area contributed by atoms with E-state index >= 15 is 0 Å². The molecule has 15 heavy (non-hydrogen) atoms. The molecule has 0 amide bonds. The Morgan fingerprint density at radius 1 is 1.13 bits per heavy atom. The van der Waals surface area contributed by atoms with E-state index in [1.54, 1.807) is 0 Å². The second-order valence-corrected chi connectivity index (χ2v) is 6.03. The van der Waals surface area contributed by atoms with Crippen molar-refractivity contribution in [3.8, 4) is 0 Å². The van der Waals surface area contributed by atoms with E-state index in [-0.39, 0.29) is 0 Å². The van der Waals surface area contributed by atoms with Gasteiger partial charge in [-0.3, -0.25) is 0 Å². The monoisotopic (exact) mass is 208 g/mol. The summed E-state index contributed by atoms with van der Waals surface area (Å²) in [6, 6.07) is 0.787. The number of nitrogens with zero attached hydrogens (tertiary/aromatic N) is 1. The number of hydrogen-bond acceptors (Lipinski definition) is 2. The van der Waals surface area contributed by atoms with Gasteiger partial charge >= 0.3 is 0 Å². The van der Waals surface area contributed by atoms with Crippen LogP contribution in [0.1, 0.15) is 52.4 Å². The summed E-state index contributed by atoms with van der Waals surface area (Å²) in [6.07, 6.45) is 7.26. The molecule has 0 aromatic heterocycles. The van der Waals surface area contributed by atoms with Crippen LogP contribution in [0.5, 0.6) is 0 Å². The van der Waals surface area contributed by atoms with E-state index in [9.17, 15) is 0 Å². The van der Waals surface area contributed by atoms with Crippen LogP contribution in [0.4, 0.5) is 0 Å². The summed E-state index contributed by atoms with van der Waals surface area (Å²) in [5.41, 5.74) is 1.54. The summed E-state index contributed by atoms with van der Waals surface area (Å²) >= 11 is 0. The van der Waals surface area contributed by atoms with Crippen LogP contribution in [0, 0.1) is 10.8 Å². The molecule has 0 radical (unpaired) electrons. The van der Waals surface area contributed by atoms with Gasteiger partial charge in [-0.2, -0.15) is 0 Å². The molecule has 1 saturated heterocycles. The molecule has 2 nitrogen and oxygen atoms in total. The normalized spacial score (nSPS) is 32.9. The first-order chi connectivity index (χ1) is 7.07. The van der Waals surface area contributed by atoms with Crippen molar-refractivity contribution in [2.45, 2.75) is 58.4 Å². The highest BCUT2D eigenvalue weighted by molar-refractivity contribution is 5.82. The molecule has 0 spiro atoms. The van der Waals surface area contributed by atoms with Crippen molar-refractivity contribution in [2.24, 2.45) is 5.41 Å². The molecule has 1 N–H and O–H groups in total. The predicted molar refractivity (Wildman–Crippen MR) is 64.6 cm³/mol. The quantitative estimate of drug-likeness (QED) is 0.704. The highest BCUT2D eigenvalue weighted by Crippen LogP contribution is 2.32. The Hall–Kier alpha value is -0.370. The minimum absolute atomic E-state index is 0.567. The van der Waals surface area contributed by atoms with Gasteiger partial charge in [-0.15, -0.1) is 0 Å². The molecule has 1 saturated carbocycles. The van der Waals surface area contributed by atoms with Gasteiger partial charge in [0.25, 0.3) is 0 Å². The lowest BCUT2D eigenvalue weighted by atomic mass is 9.81. The van der Waals surface area contributed by atoms with Gasteiger partial charge in [0.15, 0.2) is 0 Å². The van der Waals surface area contributed by atoms with E-state index in [0.717, 1.165) is 24.6 Å². The Labute approximate surface area is 93.6 Å². The maximum atomic E-state index is 7.64. The lowest BCUT2D eigenvalue weighted by Gasteiger charge is -2.42. The van der Waals surface area contributed by atoms with Crippen molar-refractivity contribution in [2.75, 3.05) is 13.1 Å². The molecule has 0 unspecified atom stereocenters. The fourth-order valence-corrected chi connectivity index (χ4v) is 2.81. The van der Waals surface area contributed by atoms with E-state index in [4.69, 9.17) is 5.41 Å². The van der Waals surface area contributed by atoms with E-state index in [2.05, 4.69) is 18.7 Å². The van der Waals surface area contributed by atoms with Crippen molar-refractivity contribution < 1.29 is 0 Å². The van der Waals surface area contributed by atoms with E-state index in [1.807, 2.05) is 0 Å². The summed E-state index contributed by atoms with van der Waals surface area (Å²) in [5.74, 6) is 0. The number of nitrogens with one attached hydrogen (secondary N) is 1. The van der Waals surface area contributed by atoms with Gasteiger partial charge in [0.05, 0.1) is 0 Å². The average molecular weight is 208 g/mol. The molecule has 1 heterocycles. The first kappa shape index (κ1) is 11.1. The third-order valence-corrected chi connectivity index (χ3v) is 4.23. The van der Waals surface area contributed by atoms with Crippen molar-refractivity contribution >= 4 is 5.71 Å². The standard InChI is InChI=1S/C13H24N2/c1-13(2)7-9-15(10-8-13)12-5-3-11(14)4-6-12/h12,14H,3-10H2,1-2H3. The second-order valence-electron chi connectivity index (χ2n) is 6.03. The number of likely N-dealkylation sites (tertiary alicyclic amines) is 1. The first-order valence-corrected chi connectivity index (χ1v) is 6.37. The summed E-state index contributed by atoms with van der Waals surface area (Å²) in [7, 11) is 0. The molecule has 2 fully saturated rings. The van der Waals surface area contributed by atoms with E-state index in [1.165, 1.54) is 38.8 Å². The number of hydrogen-bond donors (Lipinski definition) is 1. The van der Waals surface area contributed by atoms with Crippen LogP contribution in [-0.2, 0) is 0 Å². The SMILES string of the molecule is CC1(C)CCN(C2CCC(=N)CC2)CC1. The molecule has 1 aliphatic carbocycles. The number of rotatable bonds is 1. The van der Waals surface area contributed by atoms with Crippen molar-refractivity contribution in [3.05, 3.63) is 0 Å². The van der Waals surface area contributed by atoms with Gasteiger partial charge in [-0.1, -0.05) is 13.8 Å². The van der Waals surface area contributed by atoms with Gasteiger partial charge in [0.1, 0.15) is 0 Å². The van der Waals surface area contributed by atoms with Gasteiger partial charge in [-0.05, 0) is 57.0 Å². The maximum Gasteiger partial charge on any atom is 0.0102 e. The highest BCUT2D eigenvalue weighted by Gasteiger charge is 2.30. The Morgan fingerprint density at radius 2 is 1.67 bits per heavy atom. The topological polar surface area (TPSA) is 27.1 Å². The minimum atomic E-state index is 0.567. The highest BCUT2D eigenvalue weighted by atomic mass is 15.2. The molecule has 86 valence electrons. The predicted octanol–water partition coefficient (Wildman–Crippen LogP) is 3.07. The summed E-state index contributed by atoms with van der Waals surface area (Å²) in [5, 5.41) is 7.64. The molecule has 2 rings (SSSR count). The fraction of sp³-hybridized carbons (Fsp3) is 0.923. The summed E-state index contributed by atoms with van der Waals surface area (Å²) < 4.78 is 0. The minimum Gasteiger partial charge on any atom is -0.310 e. The third-order valence-electron chi connectivity index (χ3n) is 4.23. The van der Waals surface area contributed by atoms with E-state index < -0.39 is 0 Å². The molecule has 0 atom stereocenters. The molecule has 0 aromatic rings. The first-order valence-electron chi connectivity index (χ1n) is 6.37. The van der Waals surface area contributed by atoms with Crippen LogP contribution >= 0.6 is 0 Å². The van der Waals surface area contributed by atoms with Crippen molar-refractivity contribution in [1.29, 1.82) is 5.41 Å². The van der Waals surface area contributed by atoms with Crippen LogP contribution in [0.3, 0.4) is 0 Å². The largest absolute Gasteiger partial charge is 0.310 e. The van der Waals surface area contributed by atoms with Gasteiger partial charge in [0, 0.05) is 11.8 Å². The smallest absolute Gasteiger partial charge is 0.0102 e. The van der Waals surface area contributed by atoms with Crippen molar-refractivity contribution in [3.63, 3.8) is 0 Å². The zero-order chi connectivity index (χ0) is 10.9. The van der Waals surface area contributed by atoms with Crippen molar-refractivity contribution in [1.82, 2.24) is 4.90 Å². The lowest BCUT2D eigenvalue weighted by molar-refractivity contribution is 0.0846. The maximum absolute atomic E-state index is 7.64. The number of piperidine rings is 1. The Morgan fingerprint density at radius 3 is 2.20 bits per heavy atom. The summed E-state index contributed by atoms with van der Waals surface area (Å²) in [6.45, 7) is 7.35. The second kappa shape index (κ2) is 4.25. The average Bonchev–Trinajstić information content (AvgIpc) is 2.20. The van der Waals surface area contributed by atoms with Crippen LogP contribution in [0.25, 0.3) is 0 Å². The molecule has 0 bridgehead atoms. The van der Waals surface area contributed by atoms with Gasteiger partial charge in [-0.25, -0.2) is 0 Å². The van der Waals surface area contributed by atoms with E-state index in [0.29, 0.717) is 5.41 Å². The molecule has 0 aromatic carbocycles. The molecule has 1 aliphatic heterocycles. The van der Waals surface area contributed by atoms with Crippen LogP contribution in [0.2, 0.25) is 0 Å². The zero-order valence-corrected chi connectivity index (χ0v) is 10.2. The fourth-order valence-electron chi connectivity index (χ4n) is 2.81. The Balaban J connectivity index is 1.83. The zero-order valence-electron chi connectivity index (χ0n) is 10.2.